The molecule has 0 heterocycles. The van der Waals surface area contributed by atoms with Crippen molar-refractivity contribution in [3.05, 3.63) is 65.2 Å². The Hall–Kier alpha value is -2.84. The number of rotatable bonds is 9. The minimum Gasteiger partial charge on any atom is -0.489 e. The monoisotopic (exact) mass is 365 g/mol. The van der Waals surface area contributed by atoms with Crippen LogP contribution in [0.25, 0.3) is 0 Å². The average Bonchev–Trinajstić information content (AvgIpc) is 2.69. The van der Waals surface area contributed by atoms with Crippen molar-refractivity contribution in [2.45, 2.75) is 33.4 Å². The molecule has 142 valence electrons. The smallest absolute Gasteiger partial charge is 0.251 e. The molecule has 0 aliphatic heterocycles. The highest BCUT2D eigenvalue weighted by molar-refractivity contribution is 5.94. The van der Waals surface area contributed by atoms with Crippen molar-refractivity contribution in [2.24, 2.45) is 0 Å². The van der Waals surface area contributed by atoms with Gasteiger partial charge < -0.3 is 10.1 Å². The molecule has 5 heteroatoms. The van der Waals surface area contributed by atoms with Gasteiger partial charge in [0.2, 0.25) is 0 Å². The first-order valence-corrected chi connectivity index (χ1v) is 9.28. The topological polar surface area (TPSA) is 65.4 Å². The van der Waals surface area contributed by atoms with E-state index in [9.17, 15) is 4.79 Å². The maximum Gasteiger partial charge on any atom is 0.251 e. The molecule has 2 rings (SSSR count). The zero-order valence-corrected chi connectivity index (χ0v) is 16.2. The lowest BCUT2D eigenvalue weighted by molar-refractivity contribution is 0.0945. The summed E-state index contributed by atoms with van der Waals surface area (Å²) in [6.45, 7) is 9.09. The number of carbonyl (C=O) groups is 1. The van der Waals surface area contributed by atoms with Crippen LogP contribution in [0.15, 0.2) is 48.5 Å². The lowest BCUT2D eigenvalue weighted by atomic mass is 10.1. The Labute approximate surface area is 161 Å². The second-order valence-electron chi connectivity index (χ2n) is 6.56. The fourth-order valence-corrected chi connectivity index (χ4v) is 2.84. The van der Waals surface area contributed by atoms with Gasteiger partial charge in [-0.2, -0.15) is 5.26 Å². The molecule has 0 bridgehead atoms. The predicted molar refractivity (Wildman–Crippen MR) is 107 cm³/mol. The zero-order valence-electron chi connectivity index (χ0n) is 16.2. The van der Waals surface area contributed by atoms with Gasteiger partial charge in [0.25, 0.3) is 5.91 Å². The number of likely N-dealkylation sites (N-methyl/N-ethyl adjacent to an activating group) is 1. The largest absolute Gasteiger partial charge is 0.489 e. The van der Waals surface area contributed by atoms with Gasteiger partial charge >= 0.3 is 0 Å². The van der Waals surface area contributed by atoms with E-state index in [1.807, 2.05) is 24.3 Å². The van der Waals surface area contributed by atoms with Crippen molar-refractivity contribution in [1.29, 1.82) is 5.26 Å². The van der Waals surface area contributed by atoms with Crippen LogP contribution in [0.1, 0.15) is 42.3 Å². The first kappa shape index (κ1) is 20.5. The molecule has 0 spiro atoms. The number of ether oxygens (including phenoxy) is 1. The van der Waals surface area contributed by atoms with Crippen molar-refractivity contribution in [3.63, 3.8) is 0 Å². The Morgan fingerprint density at radius 1 is 1.22 bits per heavy atom. The van der Waals surface area contributed by atoms with E-state index < -0.39 is 0 Å². The van der Waals surface area contributed by atoms with E-state index >= 15 is 0 Å². The van der Waals surface area contributed by atoms with Gasteiger partial charge in [-0.1, -0.05) is 31.2 Å². The van der Waals surface area contributed by atoms with Gasteiger partial charge in [0.1, 0.15) is 12.4 Å². The highest BCUT2D eigenvalue weighted by Gasteiger charge is 2.10. The average molecular weight is 365 g/mol. The van der Waals surface area contributed by atoms with E-state index in [0.29, 0.717) is 29.5 Å². The SMILES string of the molecule is CCN(CCNC(=O)c1cccc(OCc2ccccc2C#N)c1)C(C)C. The second kappa shape index (κ2) is 10.3. The number of nitriles is 1. The summed E-state index contributed by atoms with van der Waals surface area (Å²) in [6, 6.07) is 17.0. The molecule has 2 aromatic carbocycles. The Bertz CT molecular complexity index is 796. The lowest BCUT2D eigenvalue weighted by Crippen LogP contribution is -2.38. The predicted octanol–water partition coefficient (Wildman–Crippen LogP) is 3.60. The van der Waals surface area contributed by atoms with Gasteiger partial charge in [-0.25, -0.2) is 0 Å². The van der Waals surface area contributed by atoms with Crippen LogP contribution in [0.5, 0.6) is 5.75 Å². The van der Waals surface area contributed by atoms with Crippen LogP contribution in [-0.2, 0) is 6.61 Å². The van der Waals surface area contributed by atoms with Crippen molar-refractivity contribution in [2.75, 3.05) is 19.6 Å². The van der Waals surface area contributed by atoms with E-state index in [1.54, 1.807) is 24.3 Å². The van der Waals surface area contributed by atoms with E-state index in [1.165, 1.54) is 0 Å². The summed E-state index contributed by atoms with van der Waals surface area (Å²) in [5.74, 6) is 0.491. The molecule has 2 aromatic rings. The molecule has 27 heavy (non-hydrogen) atoms. The summed E-state index contributed by atoms with van der Waals surface area (Å²) < 4.78 is 5.78. The number of carbonyl (C=O) groups excluding carboxylic acids is 1. The molecular weight excluding hydrogens is 338 g/mol. The van der Waals surface area contributed by atoms with Gasteiger partial charge in [-0.05, 0) is 44.7 Å². The first-order valence-electron chi connectivity index (χ1n) is 9.28. The van der Waals surface area contributed by atoms with Gasteiger partial charge in [-0.3, -0.25) is 9.69 Å². The third-order valence-electron chi connectivity index (χ3n) is 4.45. The summed E-state index contributed by atoms with van der Waals surface area (Å²) >= 11 is 0. The van der Waals surface area contributed by atoms with Crippen LogP contribution < -0.4 is 10.1 Å². The highest BCUT2D eigenvalue weighted by atomic mass is 16.5. The Kier molecular flexibility index (Phi) is 7.84. The standard InChI is InChI=1S/C22H27N3O2/c1-4-25(17(2)3)13-12-24-22(26)18-10-7-11-21(14-18)27-16-20-9-6-5-8-19(20)15-23/h5-11,14,17H,4,12-13,16H2,1-3H3,(H,24,26). The van der Waals surface area contributed by atoms with Gasteiger partial charge in [-0.15, -0.1) is 0 Å². The number of hydrogen-bond donors (Lipinski definition) is 1. The molecule has 0 atom stereocenters. The molecular formula is C22H27N3O2. The quantitative estimate of drug-likeness (QED) is 0.737. The third-order valence-corrected chi connectivity index (χ3v) is 4.45. The van der Waals surface area contributed by atoms with Crippen molar-refractivity contribution >= 4 is 5.91 Å². The summed E-state index contributed by atoms with van der Waals surface area (Å²) in [5.41, 5.74) is 1.98. The maximum absolute atomic E-state index is 12.4. The number of hydrogen-bond acceptors (Lipinski definition) is 4. The van der Waals surface area contributed by atoms with E-state index in [-0.39, 0.29) is 12.5 Å². The second-order valence-corrected chi connectivity index (χ2v) is 6.56. The number of nitrogens with one attached hydrogen (secondary N) is 1. The summed E-state index contributed by atoms with van der Waals surface area (Å²) in [5, 5.41) is 12.1. The molecule has 0 aliphatic carbocycles. The summed E-state index contributed by atoms with van der Waals surface area (Å²) in [7, 11) is 0. The summed E-state index contributed by atoms with van der Waals surface area (Å²) in [4.78, 5) is 14.7. The molecule has 0 aliphatic rings. The van der Waals surface area contributed by atoms with Gasteiger partial charge in [0, 0.05) is 30.3 Å². The third kappa shape index (κ3) is 6.12. The highest BCUT2D eigenvalue weighted by Crippen LogP contribution is 2.16. The molecule has 1 N–H and O–H groups in total. The summed E-state index contributed by atoms with van der Waals surface area (Å²) in [6.07, 6.45) is 0. The van der Waals surface area contributed by atoms with Crippen molar-refractivity contribution in [1.82, 2.24) is 10.2 Å². The molecule has 0 aromatic heterocycles. The lowest BCUT2D eigenvalue weighted by Gasteiger charge is -2.24. The van der Waals surface area contributed by atoms with E-state index in [0.717, 1.165) is 18.7 Å². The van der Waals surface area contributed by atoms with Crippen LogP contribution >= 0.6 is 0 Å². The van der Waals surface area contributed by atoms with E-state index in [2.05, 4.69) is 37.1 Å². The molecule has 0 unspecified atom stereocenters. The molecule has 5 nitrogen and oxygen atoms in total. The fourth-order valence-electron chi connectivity index (χ4n) is 2.84. The van der Waals surface area contributed by atoms with Crippen molar-refractivity contribution < 1.29 is 9.53 Å². The first-order chi connectivity index (χ1) is 13.0. The maximum atomic E-state index is 12.4. The molecule has 0 radical (unpaired) electrons. The van der Waals surface area contributed by atoms with Crippen LogP contribution in [0.3, 0.4) is 0 Å². The Morgan fingerprint density at radius 2 is 2.00 bits per heavy atom. The van der Waals surface area contributed by atoms with Gasteiger partial charge in [0.15, 0.2) is 0 Å². The number of nitrogens with zero attached hydrogens (tertiary/aromatic N) is 2. The van der Waals surface area contributed by atoms with Crippen LogP contribution in [-0.4, -0.2) is 36.5 Å². The van der Waals surface area contributed by atoms with Crippen molar-refractivity contribution in [3.8, 4) is 11.8 Å². The number of amides is 1. The number of benzene rings is 2. The Morgan fingerprint density at radius 3 is 2.70 bits per heavy atom. The molecule has 0 fully saturated rings. The molecule has 0 saturated heterocycles. The van der Waals surface area contributed by atoms with Crippen LogP contribution in [0, 0.1) is 11.3 Å². The van der Waals surface area contributed by atoms with Gasteiger partial charge in [0.05, 0.1) is 11.6 Å². The zero-order chi connectivity index (χ0) is 19.6. The minimum absolute atomic E-state index is 0.113. The Balaban J connectivity index is 1.92. The van der Waals surface area contributed by atoms with E-state index in [4.69, 9.17) is 10.00 Å². The van der Waals surface area contributed by atoms with Crippen LogP contribution in [0.4, 0.5) is 0 Å². The fraction of sp³-hybridized carbons (Fsp3) is 0.364. The normalized spacial score (nSPS) is 10.7. The molecule has 0 saturated carbocycles. The molecule has 1 amide bonds. The minimum atomic E-state index is -0.113. The van der Waals surface area contributed by atoms with Crippen LogP contribution in [0.2, 0.25) is 0 Å².